The van der Waals surface area contributed by atoms with Gasteiger partial charge in [-0.2, -0.15) is 4.98 Å². The second-order valence-electron chi connectivity index (χ2n) is 5.74. The van der Waals surface area contributed by atoms with Gasteiger partial charge in [0.2, 0.25) is 11.7 Å². The van der Waals surface area contributed by atoms with E-state index in [4.69, 9.17) is 9.26 Å². The van der Waals surface area contributed by atoms with Crippen molar-refractivity contribution in [1.29, 1.82) is 0 Å². The number of benzene rings is 1. The Hall–Kier alpha value is -2.74. The number of anilines is 1. The molecule has 3 rings (SSSR count). The molecule has 0 saturated carbocycles. The highest BCUT2D eigenvalue weighted by Gasteiger charge is 2.18. The van der Waals surface area contributed by atoms with Crippen molar-refractivity contribution >= 4 is 22.4 Å². The van der Waals surface area contributed by atoms with Crippen molar-refractivity contribution in [2.45, 2.75) is 33.1 Å². The molecule has 2 heterocycles. The van der Waals surface area contributed by atoms with E-state index in [1.165, 1.54) is 11.3 Å². The third-order valence-electron chi connectivity index (χ3n) is 3.77. The number of methoxy groups -OCH3 is 1. The SMILES string of the molecule is CCCCC(=O)Nc1nc(C)c(-c2nc(-c3ccc(OC)cc3)no2)s1. The van der Waals surface area contributed by atoms with Crippen molar-refractivity contribution in [3.05, 3.63) is 30.0 Å². The van der Waals surface area contributed by atoms with Gasteiger partial charge in [-0.25, -0.2) is 4.98 Å². The molecule has 7 nitrogen and oxygen atoms in total. The standard InChI is InChI=1S/C18H20N4O3S/c1-4-5-6-14(23)20-18-19-11(2)15(26-18)17-21-16(22-25-17)12-7-9-13(24-3)10-8-12/h7-10H,4-6H2,1-3H3,(H,19,20,23). The summed E-state index contributed by atoms with van der Waals surface area (Å²) >= 11 is 1.33. The second-order valence-corrected chi connectivity index (χ2v) is 6.74. The number of ether oxygens (including phenoxy) is 1. The monoisotopic (exact) mass is 372 g/mol. The van der Waals surface area contributed by atoms with Gasteiger partial charge in [0.25, 0.3) is 5.89 Å². The molecular weight excluding hydrogens is 352 g/mol. The molecule has 0 radical (unpaired) electrons. The third kappa shape index (κ3) is 4.08. The first-order valence-corrected chi connectivity index (χ1v) is 9.18. The fraction of sp³-hybridized carbons (Fsp3) is 0.333. The minimum Gasteiger partial charge on any atom is -0.497 e. The summed E-state index contributed by atoms with van der Waals surface area (Å²) in [6, 6.07) is 7.42. The summed E-state index contributed by atoms with van der Waals surface area (Å²) in [4.78, 5) is 21.4. The predicted molar refractivity (Wildman–Crippen MR) is 100 cm³/mol. The number of carbonyl (C=O) groups is 1. The zero-order valence-electron chi connectivity index (χ0n) is 14.9. The number of nitrogens with zero attached hydrogens (tertiary/aromatic N) is 3. The van der Waals surface area contributed by atoms with Crippen LogP contribution in [-0.4, -0.2) is 28.1 Å². The van der Waals surface area contributed by atoms with Gasteiger partial charge < -0.3 is 14.6 Å². The number of carbonyl (C=O) groups excluding carboxylic acids is 1. The van der Waals surface area contributed by atoms with E-state index >= 15 is 0 Å². The van der Waals surface area contributed by atoms with Gasteiger partial charge in [0.05, 0.1) is 12.8 Å². The Morgan fingerprint density at radius 2 is 2.04 bits per heavy atom. The molecule has 8 heteroatoms. The smallest absolute Gasteiger partial charge is 0.270 e. The van der Waals surface area contributed by atoms with Crippen molar-refractivity contribution in [3.63, 3.8) is 0 Å². The molecule has 1 aromatic carbocycles. The van der Waals surface area contributed by atoms with Crippen LogP contribution < -0.4 is 10.1 Å². The topological polar surface area (TPSA) is 90.1 Å². The van der Waals surface area contributed by atoms with E-state index in [2.05, 4.69) is 27.4 Å². The first-order valence-electron chi connectivity index (χ1n) is 8.36. The lowest BCUT2D eigenvalue weighted by atomic mass is 10.2. The number of unbranched alkanes of at least 4 members (excludes halogenated alkanes) is 1. The second kappa shape index (κ2) is 8.09. The number of nitrogens with one attached hydrogen (secondary N) is 1. The molecule has 1 amide bonds. The minimum absolute atomic E-state index is 0.0309. The van der Waals surface area contributed by atoms with Crippen LogP contribution in [0.3, 0.4) is 0 Å². The Kier molecular flexibility index (Phi) is 5.62. The van der Waals surface area contributed by atoms with Crippen LogP contribution in [0.5, 0.6) is 5.75 Å². The molecule has 0 unspecified atom stereocenters. The molecule has 26 heavy (non-hydrogen) atoms. The number of aryl methyl sites for hydroxylation is 1. The largest absolute Gasteiger partial charge is 0.497 e. The van der Waals surface area contributed by atoms with E-state index in [0.29, 0.717) is 23.3 Å². The fourth-order valence-corrected chi connectivity index (χ4v) is 3.24. The van der Waals surface area contributed by atoms with Gasteiger partial charge in [-0.3, -0.25) is 4.79 Å². The van der Waals surface area contributed by atoms with Crippen LogP contribution in [0.1, 0.15) is 31.9 Å². The summed E-state index contributed by atoms with van der Waals surface area (Å²) in [7, 11) is 1.62. The van der Waals surface area contributed by atoms with Gasteiger partial charge in [0.1, 0.15) is 10.6 Å². The molecule has 0 atom stereocenters. The van der Waals surface area contributed by atoms with Gasteiger partial charge >= 0.3 is 0 Å². The lowest BCUT2D eigenvalue weighted by Crippen LogP contribution is -2.10. The van der Waals surface area contributed by atoms with Crippen LogP contribution in [0.4, 0.5) is 5.13 Å². The number of amides is 1. The van der Waals surface area contributed by atoms with Crippen LogP contribution in [0.15, 0.2) is 28.8 Å². The van der Waals surface area contributed by atoms with E-state index in [1.807, 2.05) is 31.2 Å². The molecule has 0 aliphatic heterocycles. The highest BCUT2D eigenvalue weighted by Crippen LogP contribution is 2.33. The molecule has 0 fully saturated rings. The molecule has 0 saturated heterocycles. The summed E-state index contributed by atoms with van der Waals surface area (Å²) in [6.07, 6.45) is 2.33. The molecular formula is C18H20N4O3S. The maximum atomic E-state index is 11.9. The van der Waals surface area contributed by atoms with Gasteiger partial charge in [-0.05, 0) is 37.6 Å². The Morgan fingerprint density at radius 1 is 1.27 bits per heavy atom. The Labute approximate surface area is 155 Å². The normalized spacial score (nSPS) is 10.7. The number of rotatable bonds is 7. The highest BCUT2D eigenvalue weighted by atomic mass is 32.1. The molecule has 0 aliphatic rings. The molecule has 136 valence electrons. The van der Waals surface area contributed by atoms with Gasteiger partial charge in [-0.15, -0.1) is 0 Å². The first kappa shape index (κ1) is 18.1. The van der Waals surface area contributed by atoms with Crippen molar-refractivity contribution < 1.29 is 14.1 Å². The van der Waals surface area contributed by atoms with Crippen molar-refractivity contribution in [2.24, 2.45) is 0 Å². The molecule has 1 N–H and O–H groups in total. The van der Waals surface area contributed by atoms with Crippen molar-refractivity contribution in [3.8, 4) is 27.9 Å². The lowest BCUT2D eigenvalue weighted by Gasteiger charge is -1.99. The van der Waals surface area contributed by atoms with Crippen LogP contribution >= 0.6 is 11.3 Å². The number of hydrogen-bond acceptors (Lipinski definition) is 7. The summed E-state index contributed by atoms with van der Waals surface area (Å²) < 4.78 is 10.5. The maximum Gasteiger partial charge on any atom is 0.270 e. The summed E-state index contributed by atoms with van der Waals surface area (Å²) in [6.45, 7) is 3.90. The Morgan fingerprint density at radius 3 is 2.73 bits per heavy atom. The molecule has 2 aromatic heterocycles. The highest BCUT2D eigenvalue weighted by molar-refractivity contribution is 7.19. The Balaban J connectivity index is 1.77. The Bertz CT molecular complexity index is 886. The predicted octanol–water partition coefficient (Wildman–Crippen LogP) is 4.31. The van der Waals surface area contributed by atoms with E-state index in [0.717, 1.165) is 34.7 Å². The van der Waals surface area contributed by atoms with Crippen LogP contribution in [0.25, 0.3) is 22.2 Å². The molecule has 3 aromatic rings. The van der Waals surface area contributed by atoms with Gasteiger partial charge in [0.15, 0.2) is 5.13 Å². The number of hydrogen-bond donors (Lipinski definition) is 1. The average Bonchev–Trinajstić information content (AvgIpc) is 3.26. The van der Waals surface area contributed by atoms with E-state index < -0.39 is 0 Å². The van der Waals surface area contributed by atoms with Crippen LogP contribution in [0.2, 0.25) is 0 Å². The van der Waals surface area contributed by atoms with E-state index in [1.54, 1.807) is 7.11 Å². The molecule has 0 spiro atoms. The lowest BCUT2D eigenvalue weighted by molar-refractivity contribution is -0.116. The summed E-state index contributed by atoms with van der Waals surface area (Å²) in [5.74, 6) is 1.61. The molecule has 0 bridgehead atoms. The van der Waals surface area contributed by atoms with Gasteiger partial charge in [-0.1, -0.05) is 29.8 Å². The van der Waals surface area contributed by atoms with Crippen LogP contribution in [-0.2, 0) is 4.79 Å². The van der Waals surface area contributed by atoms with Gasteiger partial charge in [0, 0.05) is 12.0 Å². The number of aromatic nitrogens is 3. The summed E-state index contributed by atoms with van der Waals surface area (Å²) in [5.41, 5.74) is 1.57. The maximum absolute atomic E-state index is 11.9. The first-order chi connectivity index (χ1) is 12.6. The fourth-order valence-electron chi connectivity index (χ4n) is 2.34. The van der Waals surface area contributed by atoms with E-state index in [9.17, 15) is 4.79 Å². The minimum atomic E-state index is -0.0309. The van der Waals surface area contributed by atoms with Crippen LogP contribution in [0, 0.1) is 6.92 Å². The average molecular weight is 372 g/mol. The quantitative estimate of drug-likeness (QED) is 0.665. The van der Waals surface area contributed by atoms with E-state index in [-0.39, 0.29) is 5.91 Å². The number of thiazole rings is 1. The molecule has 0 aliphatic carbocycles. The zero-order valence-corrected chi connectivity index (χ0v) is 15.7. The summed E-state index contributed by atoms with van der Waals surface area (Å²) in [5, 5.41) is 7.40. The zero-order chi connectivity index (χ0) is 18.5. The van der Waals surface area contributed by atoms with Crippen molar-refractivity contribution in [2.75, 3.05) is 12.4 Å². The van der Waals surface area contributed by atoms with Crippen molar-refractivity contribution in [1.82, 2.24) is 15.1 Å². The third-order valence-corrected chi connectivity index (χ3v) is 4.83.